The summed E-state index contributed by atoms with van der Waals surface area (Å²) in [6.07, 6.45) is 2.21. The second kappa shape index (κ2) is 7.69. The molecule has 4 rings (SSSR count). The van der Waals surface area contributed by atoms with E-state index in [1.54, 1.807) is 12.1 Å². The molecule has 9 heteroatoms. The Bertz CT molecular complexity index is 1050. The van der Waals surface area contributed by atoms with Crippen LogP contribution in [0.15, 0.2) is 52.3 Å². The van der Waals surface area contributed by atoms with Gasteiger partial charge >= 0.3 is 0 Å². The summed E-state index contributed by atoms with van der Waals surface area (Å²) in [6.45, 7) is 1.98. The molecular formula is C19H16N4O3S2. The van der Waals surface area contributed by atoms with E-state index in [9.17, 15) is 14.9 Å². The largest absolute Gasteiger partial charge is 0.296 e. The van der Waals surface area contributed by atoms with Crippen LogP contribution < -0.4 is 5.32 Å². The van der Waals surface area contributed by atoms with Crippen LogP contribution in [0.2, 0.25) is 0 Å². The Morgan fingerprint density at radius 2 is 1.96 bits per heavy atom. The summed E-state index contributed by atoms with van der Waals surface area (Å²) in [7, 11) is 0. The van der Waals surface area contributed by atoms with Crippen LogP contribution in [0.25, 0.3) is 0 Å². The molecule has 142 valence electrons. The lowest BCUT2D eigenvalue weighted by atomic mass is 10.2. The summed E-state index contributed by atoms with van der Waals surface area (Å²) >= 11 is 2.65. The fourth-order valence-electron chi connectivity index (χ4n) is 2.57. The number of nitrogens with zero attached hydrogens (tertiary/aromatic N) is 3. The first-order valence-corrected chi connectivity index (χ1v) is 10.3. The van der Waals surface area contributed by atoms with Gasteiger partial charge in [-0.1, -0.05) is 40.8 Å². The van der Waals surface area contributed by atoms with Crippen molar-refractivity contribution in [1.82, 2.24) is 10.2 Å². The maximum atomic E-state index is 12.5. The van der Waals surface area contributed by atoms with Gasteiger partial charge in [-0.25, -0.2) is 0 Å². The highest BCUT2D eigenvalue weighted by molar-refractivity contribution is 7.99. The first kappa shape index (κ1) is 18.6. The number of nitro benzene ring substituents is 1. The van der Waals surface area contributed by atoms with Gasteiger partial charge in [0.1, 0.15) is 5.01 Å². The first-order valence-electron chi connectivity index (χ1n) is 8.67. The molecule has 1 amide bonds. The smallest absolute Gasteiger partial charge is 0.284 e. The number of hydrogen-bond acceptors (Lipinski definition) is 7. The molecule has 0 saturated heterocycles. The molecule has 0 bridgehead atoms. The maximum Gasteiger partial charge on any atom is 0.284 e. The zero-order valence-electron chi connectivity index (χ0n) is 14.9. The molecule has 0 spiro atoms. The zero-order valence-corrected chi connectivity index (χ0v) is 16.5. The number of carbonyl (C=O) groups is 1. The van der Waals surface area contributed by atoms with Crippen molar-refractivity contribution in [3.8, 4) is 0 Å². The van der Waals surface area contributed by atoms with E-state index in [0.717, 1.165) is 28.3 Å². The van der Waals surface area contributed by atoms with Crippen molar-refractivity contribution in [3.63, 3.8) is 0 Å². The highest BCUT2D eigenvalue weighted by Gasteiger charge is 2.28. The van der Waals surface area contributed by atoms with Gasteiger partial charge in [-0.2, -0.15) is 0 Å². The van der Waals surface area contributed by atoms with Crippen LogP contribution in [0, 0.1) is 17.0 Å². The van der Waals surface area contributed by atoms with Crippen molar-refractivity contribution in [1.29, 1.82) is 0 Å². The molecule has 3 aromatic rings. The maximum absolute atomic E-state index is 12.5. The van der Waals surface area contributed by atoms with Crippen LogP contribution in [0.4, 0.5) is 10.8 Å². The SMILES string of the molecule is Cc1ccc(Sc2ccc(C(=O)Nc3nnc(C4CC4)s3)cc2[N+](=O)[O-])cc1. The Labute approximate surface area is 169 Å². The molecule has 1 aliphatic rings. The summed E-state index contributed by atoms with van der Waals surface area (Å²) in [4.78, 5) is 24.9. The summed E-state index contributed by atoms with van der Waals surface area (Å²) in [5.74, 6) is 0.0239. The Hall–Kier alpha value is -2.78. The van der Waals surface area contributed by atoms with Crippen LogP contribution >= 0.6 is 23.1 Å². The minimum Gasteiger partial charge on any atom is -0.296 e. The van der Waals surface area contributed by atoms with E-state index in [2.05, 4.69) is 15.5 Å². The van der Waals surface area contributed by atoms with Gasteiger partial charge in [0.2, 0.25) is 5.13 Å². The average molecular weight is 412 g/mol. The first-order chi connectivity index (χ1) is 13.5. The molecule has 2 aromatic carbocycles. The number of anilines is 1. The average Bonchev–Trinajstić information content (AvgIpc) is 3.43. The van der Waals surface area contributed by atoms with Crippen LogP contribution in [0.1, 0.15) is 39.7 Å². The minimum absolute atomic E-state index is 0.103. The van der Waals surface area contributed by atoms with Gasteiger partial charge < -0.3 is 0 Å². The highest BCUT2D eigenvalue weighted by Crippen LogP contribution is 2.42. The predicted molar refractivity (Wildman–Crippen MR) is 108 cm³/mol. The molecule has 28 heavy (non-hydrogen) atoms. The second-order valence-electron chi connectivity index (χ2n) is 6.53. The number of aromatic nitrogens is 2. The highest BCUT2D eigenvalue weighted by atomic mass is 32.2. The number of amides is 1. The van der Waals surface area contributed by atoms with Crippen molar-refractivity contribution < 1.29 is 9.72 Å². The molecule has 7 nitrogen and oxygen atoms in total. The van der Waals surface area contributed by atoms with Gasteiger partial charge in [0, 0.05) is 22.4 Å². The standard InChI is InChI=1S/C19H16N4O3S2/c1-11-2-7-14(8-3-11)27-16-9-6-13(10-15(16)23(25)26)17(24)20-19-22-21-18(28-19)12-4-5-12/h2-3,6-10,12H,4-5H2,1H3,(H,20,22,24). The number of aryl methyl sites for hydroxylation is 1. The number of carbonyl (C=O) groups excluding carboxylic acids is 1. The second-order valence-corrected chi connectivity index (χ2v) is 8.65. The van der Waals surface area contributed by atoms with E-state index in [1.807, 2.05) is 31.2 Å². The fraction of sp³-hybridized carbons (Fsp3) is 0.211. The third kappa shape index (κ3) is 4.20. The normalized spacial score (nSPS) is 13.3. The topological polar surface area (TPSA) is 98.0 Å². The lowest BCUT2D eigenvalue weighted by Crippen LogP contribution is -2.12. The number of benzene rings is 2. The van der Waals surface area contributed by atoms with Crippen molar-refractivity contribution in [2.45, 2.75) is 35.5 Å². The van der Waals surface area contributed by atoms with Crippen LogP contribution in [0.5, 0.6) is 0 Å². The van der Waals surface area contributed by atoms with E-state index >= 15 is 0 Å². The summed E-state index contributed by atoms with van der Waals surface area (Å²) in [5.41, 5.74) is 1.23. The molecule has 1 saturated carbocycles. The van der Waals surface area contributed by atoms with Gasteiger partial charge in [-0.3, -0.25) is 20.2 Å². The van der Waals surface area contributed by atoms with Crippen molar-refractivity contribution in [2.24, 2.45) is 0 Å². The molecule has 0 atom stereocenters. The van der Waals surface area contributed by atoms with E-state index in [0.29, 0.717) is 15.9 Å². The molecule has 1 heterocycles. The molecule has 1 aromatic heterocycles. The van der Waals surface area contributed by atoms with Crippen LogP contribution in [-0.2, 0) is 0 Å². The summed E-state index contributed by atoms with van der Waals surface area (Å²) < 4.78 is 0. The van der Waals surface area contributed by atoms with Crippen molar-refractivity contribution in [2.75, 3.05) is 5.32 Å². The van der Waals surface area contributed by atoms with Crippen molar-refractivity contribution >= 4 is 39.8 Å². The molecule has 0 aliphatic heterocycles. The van der Waals surface area contributed by atoms with Gasteiger partial charge in [0.25, 0.3) is 11.6 Å². The molecule has 1 N–H and O–H groups in total. The lowest BCUT2D eigenvalue weighted by Gasteiger charge is -2.06. The van der Waals surface area contributed by atoms with E-state index in [1.165, 1.54) is 29.2 Å². The number of hydrogen-bond donors (Lipinski definition) is 1. The quantitative estimate of drug-likeness (QED) is 0.450. The minimum atomic E-state index is -0.469. The molecule has 0 radical (unpaired) electrons. The van der Waals surface area contributed by atoms with Gasteiger partial charge in [-0.05, 0) is 44.0 Å². The Morgan fingerprint density at radius 3 is 2.64 bits per heavy atom. The summed E-state index contributed by atoms with van der Waals surface area (Å²) in [6, 6.07) is 12.2. The third-order valence-corrected chi connectivity index (χ3v) is 6.33. The molecule has 1 aliphatic carbocycles. The van der Waals surface area contributed by atoms with Crippen LogP contribution in [0.3, 0.4) is 0 Å². The number of nitrogens with one attached hydrogen (secondary N) is 1. The van der Waals surface area contributed by atoms with E-state index in [4.69, 9.17) is 0 Å². The Morgan fingerprint density at radius 1 is 1.21 bits per heavy atom. The Balaban J connectivity index is 1.53. The van der Waals surface area contributed by atoms with Gasteiger partial charge in [-0.15, -0.1) is 10.2 Å². The number of rotatable bonds is 6. The number of nitro groups is 1. The molecule has 0 unspecified atom stereocenters. The predicted octanol–water partition coefficient (Wildman–Crippen LogP) is 5.04. The fourth-order valence-corrected chi connectivity index (χ4v) is 4.38. The molecular weight excluding hydrogens is 396 g/mol. The zero-order chi connectivity index (χ0) is 19.7. The van der Waals surface area contributed by atoms with Gasteiger partial charge in [0.05, 0.1) is 9.82 Å². The van der Waals surface area contributed by atoms with Gasteiger partial charge in [0.15, 0.2) is 0 Å². The monoisotopic (exact) mass is 412 g/mol. The van der Waals surface area contributed by atoms with E-state index in [-0.39, 0.29) is 11.3 Å². The summed E-state index contributed by atoms with van der Waals surface area (Å²) in [5, 5.41) is 23.6. The van der Waals surface area contributed by atoms with Crippen LogP contribution in [-0.4, -0.2) is 21.0 Å². The third-order valence-electron chi connectivity index (χ3n) is 4.25. The lowest BCUT2D eigenvalue weighted by molar-refractivity contribution is -0.387. The van der Waals surface area contributed by atoms with E-state index < -0.39 is 10.8 Å². The Kier molecular flexibility index (Phi) is 5.10. The van der Waals surface area contributed by atoms with Crippen molar-refractivity contribution in [3.05, 3.63) is 68.7 Å². The molecule has 1 fully saturated rings.